The van der Waals surface area contributed by atoms with Gasteiger partial charge in [0.05, 0.1) is 0 Å². The fraction of sp³-hybridized carbons (Fsp3) is 0.167. The van der Waals surface area contributed by atoms with Crippen LogP contribution in [-0.4, -0.2) is 5.78 Å². The maximum absolute atomic E-state index is 12.6. The highest BCUT2D eigenvalue weighted by Crippen LogP contribution is 2.33. The van der Waals surface area contributed by atoms with Gasteiger partial charge in [0.2, 0.25) is 5.78 Å². The predicted octanol–water partition coefficient (Wildman–Crippen LogP) is 4.07. The zero-order valence-corrected chi connectivity index (χ0v) is 11.3. The first-order valence-corrected chi connectivity index (χ1v) is 6.88. The van der Waals surface area contributed by atoms with E-state index in [9.17, 15) is 4.79 Å². The zero-order valence-electron chi connectivity index (χ0n) is 11.3. The number of furan rings is 1. The van der Waals surface area contributed by atoms with Crippen molar-refractivity contribution in [2.24, 2.45) is 0 Å². The minimum absolute atomic E-state index is 0.0336. The largest absolute Gasteiger partial charge is 0.458 e. The quantitative estimate of drug-likeness (QED) is 0.652. The summed E-state index contributed by atoms with van der Waals surface area (Å²) < 4.78 is 5.48. The van der Waals surface area contributed by atoms with Gasteiger partial charge in [-0.3, -0.25) is 4.79 Å². The average molecular weight is 262 g/mol. The van der Waals surface area contributed by atoms with Crippen LogP contribution < -0.4 is 0 Å². The van der Waals surface area contributed by atoms with Gasteiger partial charge in [0, 0.05) is 5.56 Å². The number of carbonyl (C=O) groups excluding carboxylic acids is 1. The van der Waals surface area contributed by atoms with Gasteiger partial charge in [0.1, 0.15) is 5.76 Å². The third kappa shape index (κ3) is 1.54. The van der Waals surface area contributed by atoms with Crippen molar-refractivity contribution in [2.45, 2.75) is 19.8 Å². The van der Waals surface area contributed by atoms with Crippen LogP contribution in [0.1, 0.15) is 33.0 Å². The minimum atomic E-state index is -0.0336. The van der Waals surface area contributed by atoms with Crippen LogP contribution in [0.5, 0.6) is 0 Å². The summed E-state index contributed by atoms with van der Waals surface area (Å²) in [6, 6.07) is 13.8. The van der Waals surface area contributed by atoms with Crippen LogP contribution in [0.15, 0.2) is 46.9 Å². The molecule has 3 aromatic rings. The molecule has 0 atom stereocenters. The maximum atomic E-state index is 12.6. The molecule has 2 aromatic carbocycles. The summed E-state index contributed by atoms with van der Waals surface area (Å²) in [5.74, 6) is 1.15. The minimum Gasteiger partial charge on any atom is -0.458 e. The molecular weight excluding hydrogens is 248 g/mol. The number of rotatable bonds is 2. The first kappa shape index (κ1) is 11.5. The molecule has 0 saturated heterocycles. The van der Waals surface area contributed by atoms with E-state index < -0.39 is 0 Å². The summed E-state index contributed by atoms with van der Waals surface area (Å²) in [7, 11) is 0. The molecule has 1 heterocycles. The molecule has 0 spiro atoms. The molecular formula is C18H14O2. The summed E-state index contributed by atoms with van der Waals surface area (Å²) in [5, 5.41) is 2.32. The van der Waals surface area contributed by atoms with Crippen LogP contribution in [0.2, 0.25) is 0 Å². The number of carbonyl (C=O) groups is 1. The number of benzene rings is 2. The number of hydrogen-bond acceptors (Lipinski definition) is 2. The Morgan fingerprint density at radius 2 is 1.80 bits per heavy atom. The normalized spacial score (nSPS) is 13.1. The molecule has 1 aliphatic carbocycles. The molecule has 2 nitrogen and oxygen atoms in total. The summed E-state index contributed by atoms with van der Waals surface area (Å²) in [4.78, 5) is 12.6. The number of aryl methyl sites for hydroxylation is 3. The predicted molar refractivity (Wildman–Crippen MR) is 78.2 cm³/mol. The van der Waals surface area contributed by atoms with E-state index in [0.29, 0.717) is 5.76 Å². The number of ketones is 1. The third-order valence-corrected chi connectivity index (χ3v) is 4.09. The van der Waals surface area contributed by atoms with Gasteiger partial charge in [-0.15, -0.1) is 0 Å². The summed E-state index contributed by atoms with van der Waals surface area (Å²) in [6.07, 6.45) is 2.15. The Morgan fingerprint density at radius 1 is 1.00 bits per heavy atom. The molecule has 20 heavy (non-hydrogen) atoms. The van der Waals surface area contributed by atoms with E-state index in [-0.39, 0.29) is 5.78 Å². The van der Waals surface area contributed by atoms with Gasteiger partial charge in [-0.05, 0) is 59.9 Å². The Bertz CT molecular complexity index is 829. The van der Waals surface area contributed by atoms with E-state index in [1.54, 1.807) is 6.07 Å². The van der Waals surface area contributed by atoms with Gasteiger partial charge < -0.3 is 4.42 Å². The highest BCUT2D eigenvalue weighted by Gasteiger charge is 2.20. The van der Waals surface area contributed by atoms with Crippen molar-refractivity contribution in [3.8, 4) is 0 Å². The lowest BCUT2D eigenvalue weighted by Crippen LogP contribution is -2.01. The number of hydrogen-bond donors (Lipinski definition) is 0. The first-order valence-electron chi connectivity index (χ1n) is 6.88. The monoisotopic (exact) mass is 262 g/mol. The van der Waals surface area contributed by atoms with E-state index in [2.05, 4.69) is 12.1 Å². The second-order valence-corrected chi connectivity index (χ2v) is 5.35. The molecule has 0 fully saturated rings. The molecule has 0 aliphatic heterocycles. The Hall–Kier alpha value is -2.35. The lowest BCUT2D eigenvalue weighted by atomic mass is 9.97. The van der Waals surface area contributed by atoms with Crippen molar-refractivity contribution in [3.05, 3.63) is 70.7 Å². The van der Waals surface area contributed by atoms with Crippen molar-refractivity contribution in [2.75, 3.05) is 0 Å². The summed E-state index contributed by atoms with van der Waals surface area (Å²) in [6.45, 7) is 1.85. The van der Waals surface area contributed by atoms with Crippen molar-refractivity contribution < 1.29 is 9.21 Å². The Balaban J connectivity index is 1.95. The molecule has 0 unspecified atom stereocenters. The molecule has 0 radical (unpaired) electrons. The molecule has 1 aromatic heterocycles. The third-order valence-electron chi connectivity index (χ3n) is 4.09. The van der Waals surface area contributed by atoms with E-state index in [0.717, 1.165) is 29.6 Å². The SMILES string of the molecule is Cc1ccc(C(=O)c2ccc3c4c(cccc24)CC3)o1. The molecule has 98 valence electrons. The fourth-order valence-electron chi connectivity index (χ4n) is 3.13. The van der Waals surface area contributed by atoms with Crippen molar-refractivity contribution in [1.29, 1.82) is 0 Å². The van der Waals surface area contributed by atoms with Crippen molar-refractivity contribution in [1.82, 2.24) is 0 Å². The van der Waals surface area contributed by atoms with Crippen LogP contribution in [0, 0.1) is 6.92 Å². The van der Waals surface area contributed by atoms with E-state index in [1.165, 1.54) is 16.5 Å². The average Bonchev–Trinajstić information content (AvgIpc) is 3.07. The van der Waals surface area contributed by atoms with Crippen molar-refractivity contribution in [3.63, 3.8) is 0 Å². The van der Waals surface area contributed by atoms with Gasteiger partial charge in [0.15, 0.2) is 5.76 Å². The van der Waals surface area contributed by atoms with Crippen LogP contribution in [0.25, 0.3) is 10.8 Å². The second-order valence-electron chi connectivity index (χ2n) is 5.35. The fourth-order valence-corrected chi connectivity index (χ4v) is 3.13. The van der Waals surface area contributed by atoms with Gasteiger partial charge >= 0.3 is 0 Å². The van der Waals surface area contributed by atoms with E-state index in [4.69, 9.17) is 4.42 Å². The lowest BCUT2D eigenvalue weighted by Gasteiger charge is -2.07. The molecule has 0 saturated carbocycles. The topological polar surface area (TPSA) is 30.2 Å². The molecule has 0 amide bonds. The molecule has 1 aliphatic rings. The lowest BCUT2D eigenvalue weighted by molar-refractivity contribution is 0.101. The van der Waals surface area contributed by atoms with Crippen LogP contribution >= 0.6 is 0 Å². The van der Waals surface area contributed by atoms with Crippen molar-refractivity contribution >= 4 is 16.6 Å². The summed E-state index contributed by atoms with van der Waals surface area (Å²) >= 11 is 0. The Labute approximate surface area is 117 Å². The smallest absolute Gasteiger partial charge is 0.228 e. The highest BCUT2D eigenvalue weighted by molar-refractivity contribution is 6.16. The standard InChI is InChI=1S/C18H14O2/c1-11-5-10-16(20-11)18(19)15-9-8-13-7-6-12-3-2-4-14(15)17(12)13/h2-5,8-10H,6-7H2,1H3. The zero-order chi connectivity index (χ0) is 13.7. The maximum Gasteiger partial charge on any atom is 0.228 e. The summed E-state index contributed by atoms with van der Waals surface area (Å²) in [5.41, 5.74) is 3.44. The van der Waals surface area contributed by atoms with Crippen LogP contribution in [0.4, 0.5) is 0 Å². The van der Waals surface area contributed by atoms with E-state index >= 15 is 0 Å². The van der Waals surface area contributed by atoms with Gasteiger partial charge in [-0.1, -0.05) is 24.3 Å². The Kier molecular flexibility index (Phi) is 2.34. The van der Waals surface area contributed by atoms with E-state index in [1.807, 2.05) is 31.2 Å². The van der Waals surface area contributed by atoms with Gasteiger partial charge in [-0.25, -0.2) is 0 Å². The molecule has 0 N–H and O–H groups in total. The van der Waals surface area contributed by atoms with Crippen LogP contribution in [0.3, 0.4) is 0 Å². The molecule has 4 rings (SSSR count). The second kappa shape index (κ2) is 4.07. The molecule has 0 bridgehead atoms. The van der Waals surface area contributed by atoms with Crippen LogP contribution in [-0.2, 0) is 12.8 Å². The first-order chi connectivity index (χ1) is 9.74. The van der Waals surface area contributed by atoms with Gasteiger partial charge in [0.25, 0.3) is 0 Å². The highest BCUT2D eigenvalue weighted by atomic mass is 16.3. The Morgan fingerprint density at radius 3 is 2.55 bits per heavy atom. The van der Waals surface area contributed by atoms with Gasteiger partial charge in [-0.2, -0.15) is 0 Å². The molecule has 2 heteroatoms.